The lowest BCUT2D eigenvalue weighted by Crippen LogP contribution is -2.15. The second-order valence-electron chi connectivity index (χ2n) is 3.94. The van der Waals surface area contributed by atoms with Crippen LogP contribution in [-0.2, 0) is 10.0 Å². The van der Waals surface area contributed by atoms with Crippen molar-refractivity contribution in [2.24, 2.45) is 0 Å². The molecule has 0 aliphatic heterocycles. The molecule has 0 spiro atoms. The summed E-state index contributed by atoms with van der Waals surface area (Å²) in [7, 11) is -3.63. The molecule has 1 aromatic heterocycles. The van der Waals surface area contributed by atoms with Gasteiger partial charge in [0.1, 0.15) is 5.82 Å². The Morgan fingerprint density at radius 1 is 1.28 bits per heavy atom. The van der Waals surface area contributed by atoms with Crippen LogP contribution in [0.15, 0.2) is 29.3 Å². The Morgan fingerprint density at radius 2 is 2.00 bits per heavy atom. The van der Waals surface area contributed by atoms with E-state index in [9.17, 15) is 8.42 Å². The number of nitrogens with zero attached hydrogens (tertiary/aromatic N) is 1. The smallest absolute Gasteiger partial charge is 0.263 e. The highest BCUT2D eigenvalue weighted by Gasteiger charge is 2.18. The molecule has 0 unspecified atom stereocenters. The van der Waals surface area contributed by atoms with E-state index < -0.39 is 10.0 Å². The molecule has 0 fully saturated rings. The van der Waals surface area contributed by atoms with Gasteiger partial charge in [-0.15, -0.1) is 0 Å². The number of hydrogen-bond donors (Lipinski definition) is 2. The minimum atomic E-state index is -3.63. The first-order valence-electron chi connectivity index (χ1n) is 5.19. The van der Waals surface area contributed by atoms with Crippen molar-refractivity contribution in [3.63, 3.8) is 0 Å². The highest BCUT2D eigenvalue weighted by molar-refractivity contribution is 7.92. The number of benzene rings is 1. The molecule has 0 saturated carbocycles. The van der Waals surface area contributed by atoms with Crippen molar-refractivity contribution in [2.45, 2.75) is 18.7 Å². The topological polar surface area (TPSA) is 74.8 Å². The van der Waals surface area contributed by atoms with Gasteiger partial charge >= 0.3 is 0 Å². The van der Waals surface area contributed by atoms with Crippen molar-refractivity contribution in [3.8, 4) is 0 Å². The van der Waals surface area contributed by atoms with Crippen LogP contribution in [0, 0.1) is 13.8 Å². The quantitative estimate of drug-likeness (QED) is 0.910. The molecule has 2 rings (SSSR count). The molecule has 96 valence electrons. The molecule has 0 amide bonds. The normalized spacial score (nSPS) is 11.5. The van der Waals surface area contributed by atoms with Gasteiger partial charge in [-0.25, -0.2) is 8.42 Å². The zero-order valence-corrected chi connectivity index (χ0v) is 11.4. The number of anilines is 1. The van der Waals surface area contributed by atoms with Gasteiger partial charge in [-0.3, -0.25) is 9.82 Å². The number of hydrogen-bond acceptors (Lipinski definition) is 3. The van der Waals surface area contributed by atoms with Crippen LogP contribution in [0.5, 0.6) is 0 Å². The fourth-order valence-electron chi connectivity index (χ4n) is 1.55. The maximum absolute atomic E-state index is 12.2. The predicted molar refractivity (Wildman–Crippen MR) is 70.3 cm³/mol. The first kappa shape index (κ1) is 12.9. The third kappa shape index (κ3) is 2.49. The van der Waals surface area contributed by atoms with E-state index in [1.54, 1.807) is 32.2 Å². The lowest BCUT2D eigenvalue weighted by molar-refractivity contribution is 0.600. The molecular weight excluding hydrogens is 274 g/mol. The van der Waals surface area contributed by atoms with Gasteiger partial charge in [-0.1, -0.05) is 11.6 Å². The van der Waals surface area contributed by atoms with Crippen molar-refractivity contribution in [3.05, 3.63) is 40.5 Å². The summed E-state index contributed by atoms with van der Waals surface area (Å²) in [6.07, 6.45) is 1.55. The lowest BCUT2D eigenvalue weighted by Gasteiger charge is -2.09. The summed E-state index contributed by atoms with van der Waals surface area (Å²) in [4.78, 5) is 0.195. The van der Waals surface area contributed by atoms with Gasteiger partial charge in [0.15, 0.2) is 0 Å². The van der Waals surface area contributed by atoms with Crippen molar-refractivity contribution in [1.29, 1.82) is 0 Å². The van der Waals surface area contributed by atoms with Crippen molar-refractivity contribution in [2.75, 3.05) is 4.72 Å². The average molecular weight is 286 g/mol. The summed E-state index contributed by atoms with van der Waals surface area (Å²) in [6.45, 7) is 3.45. The minimum Gasteiger partial charge on any atom is -0.264 e. The molecule has 0 aliphatic rings. The van der Waals surface area contributed by atoms with Crippen LogP contribution >= 0.6 is 11.6 Å². The largest absolute Gasteiger partial charge is 0.264 e. The molecule has 2 aromatic rings. The fraction of sp³-hybridized carbons (Fsp3) is 0.182. The van der Waals surface area contributed by atoms with E-state index in [2.05, 4.69) is 14.9 Å². The van der Waals surface area contributed by atoms with Crippen molar-refractivity contribution < 1.29 is 8.42 Å². The number of aromatic nitrogens is 2. The number of rotatable bonds is 3. The third-order valence-electron chi connectivity index (χ3n) is 2.49. The maximum Gasteiger partial charge on any atom is 0.263 e. The number of H-pyrrole nitrogens is 1. The number of halogens is 1. The first-order chi connectivity index (χ1) is 8.40. The van der Waals surface area contributed by atoms with E-state index in [0.717, 1.165) is 5.56 Å². The van der Waals surface area contributed by atoms with Gasteiger partial charge in [0.05, 0.1) is 11.1 Å². The summed E-state index contributed by atoms with van der Waals surface area (Å²) in [5.74, 6) is 0.365. The Balaban J connectivity index is 2.40. The monoisotopic (exact) mass is 285 g/mol. The molecule has 0 aliphatic carbocycles. The van der Waals surface area contributed by atoms with Crippen LogP contribution in [0.4, 0.5) is 5.82 Å². The van der Waals surface area contributed by atoms with E-state index in [4.69, 9.17) is 11.6 Å². The first-order valence-corrected chi connectivity index (χ1v) is 7.05. The van der Waals surface area contributed by atoms with Gasteiger partial charge in [-0.2, -0.15) is 5.10 Å². The van der Waals surface area contributed by atoms with Crippen LogP contribution < -0.4 is 4.72 Å². The Kier molecular flexibility index (Phi) is 3.32. The molecule has 18 heavy (non-hydrogen) atoms. The van der Waals surface area contributed by atoms with Gasteiger partial charge in [-0.05, 0) is 37.6 Å². The van der Waals surface area contributed by atoms with Crippen LogP contribution in [-0.4, -0.2) is 18.6 Å². The molecular formula is C11H12ClN3O2S. The molecule has 2 N–H and O–H groups in total. The molecule has 7 heteroatoms. The third-order valence-corrected chi connectivity index (χ3v) is 4.24. The average Bonchev–Trinajstić information content (AvgIpc) is 2.63. The Labute approximate surface area is 110 Å². The SMILES string of the molecule is Cc1cc(Cl)ccc1S(=O)(=O)Nc1[nH]ncc1C. The van der Waals surface area contributed by atoms with Crippen LogP contribution in [0.1, 0.15) is 11.1 Å². The predicted octanol–water partition coefficient (Wildman–Crippen LogP) is 2.48. The summed E-state index contributed by atoms with van der Waals surface area (Å²) < 4.78 is 26.8. The van der Waals surface area contributed by atoms with Gasteiger partial charge < -0.3 is 0 Å². The van der Waals surface area contributed by atoms with Crippen molar-refractivity contribution >= 4 is 27.4 Å². The maximum atomic E-state index is 12.2. The number of aryl methyl sites for hydroxylation is 2. The zero-order chi connectivity index (χ0) is 13.3. The highest BCUT2D eigenvalue weighted by atomic mass is 35.5. The standard InChI is InChI=1S/C11H12ClN3O2S/c1-7-5-9(12)3-4-10(7)18(16,17)15-11-8(2)6-13-14-11/h3-6H,1-2H3,(H2,13,14,15). The summed E-state index contributed by atoms with van der Waals surface area (Å²) in [5.41, 5.74) is 1.32. The van der Waals surface area contributed by atoms with Gasteiger partial charge in [0, 0.05) is 10.6 Å². The van der Waals surface area contributed by atoms with Crippen LogP contribution in [0.3, 0.4) is 0 Å². The Morgan fingerprint density at radius 3 is 2.56 bits per heavy atom. The van der Waals surface area contributed by atoms with Gasteiger partial charge in [0.25, 0.3) is 10.0 Å². The van der Waals surface area contributed by atoms with Crippen LogP contribution in [0.2, 0.25) is 5.02 Å². The number of aromatic amines is 1. The number of nitrogens with one attached hydrogen (secondary N) is 2. The molecule has 0 saturated heterocycles. The Bertz CT molecular complexity index is 679. The summed E-state index contributed by atoms with van der Waals surface area (Å²) in [5, 5.41) is 6.86. The van der Waals surface area contributed by atoms with E-state index in [-0.39, 0.29) is 4.90 Å². The molecule has 0 radical (unpaired) electrons. The Hall–Kier alpha value is -1.53. The van der Waals surface area contributed by atoms with Gasteiger partial charge in [0.2, 0.25) is 0 Å². The second-order valence-corrected chi connectivity index (χ2v) is 6.03. The second kappa shape index (κ2) is 4.62. The fourth-order valence-corrected chi connectivity index (χ4v) is 3.10. The molecule has 0 atom stereocenters. The molecule has 1 aromatic carbocycles. The zero-order valence-electron chi connectivity index (χ0n) is 9.86. The molecule has 1 heterocycles. The molecule has 5 nitrogen and oxygen atoms in total. The minimum absolute atomic E-state index is 0.195. The van der Waals surface area contributed by atoms with E-state index >= 15 is 0 Å². The summed E-state index contributed by atoms with van der Waals surface area (Å²) in [6, 6.07) is 4.63. The van der Waals surface area contributed by atoms with Crippen LogP contribution in [0.25, 0.3) is 0 Å². The number of sulfonamides is 1. The summed E-state index contributed by atoms with van der Waals surface area (Å²) >= 11 is 5.80. The van der Waals surface area contributed by atoms with Crippen molar-refractivity contribution in [1.82, 2.24) is 10.2 Å². The highest BCUT2D eigenvalue weighted by Crippen LogP contribution is 2.22. The van der Waals surface area contributed by atoms with E-state index in [1.807, 2.05) is 0 Å². The van der Waals surface area contributed by atoms with E-state index in [0.29, 0.717) is 16.4 Å². The van der Waals surface area contributed by atoms with E-state index in [1.165, 1.54) is 6.07 Å². The lowest BCUT2D eigenvalue weighted by atomic mass is 10.2. The molecule has 0 bridgehead atoms.